The van der Waals surface area contributed by atoms with E-state index in [4.69, 9.17) is 4.74 Å². The number of aliphatic hydroxyl groups is 2. The lowest BCUT2D eigenvalue weighted by Crippen LogP contribution is -2.43. The third kappa shape index (κ3) is 4.07. The predicted molar refractivity (Wildman–Crippen MR) is 52.6 cm³/mol. The third-order valence-corrected chi connectivity index (χ3v) is 2.67. The van der Waals surface area contributed by atoms with Crippen molar-refractivity contribution < 1.29 is 14.9 Å². The second-order valence-corrected chi connectivity index (χ2v) is 3.91. The smallest absolute Gasteiger partial charge is 0.0877 e. The molecule has 0 spiro atoms. The first kappa shape index (κ1) is 12.9. The molecule has 0 saturated heterocycles. The van der Waals surface area contributed by atoms with E-state index in [1.165, 1.54) is 0 Å². The van der Waals surface area contributed by atoms with Crippen LogP contribution in [0.25, 0.3) is 0 Å². The molecule has 2 N–H and O–H groups in total. The lowest BCUT2D eigenvalue weighted by atomic mass is 9.86. The topological polar surface area (TPSA) is 49.7 Å². The quantitative estimate of drug-likeness (QED) is 0.661. The number of methoxy groups -OCH3 is 1. The van der Waals surface area contributed by atoms with E-state index in [-0.39, 0.29) is 5.92 Å². The van der Waals surface area contributed by atoms with Crippen LogP contribution in [-0.4, -0.2) is 35.6 Å². The molecule has 0 aromatic rings. The van der Waals surface area contributed by atoms with Crippen LogP contribution in [0, 0.1) is 5.92 Å². The van der Waals surface area contributed by atoms with Gasteiger partial charge in [0.2, 0.25) is 0 Å². The fourth-order valence-corrected chi connectivity index (χ4v) is 1.28. The monoisotopic (exact) mass is 190 g/mol. The fraction of sp³-hybridized carbons (Fsp3) is 1.00. The van der Waals surface area contributed by atoms with Crippen LogP contribution in [0.1, 0.15) is 33.6 Å². The van der Waals surface area contributed by atoms with Crippen molar-refractivity contribution in [3.05, 3.63) is 0 Å². The van der Waals surface area contributed by atoms with Gasteiger partial charge >= 0.3 is 0 Å². The van der Waals surface area contributed by atoms with Gasteiger partial charge in [-0.05, 0) is 25.7 Å². The van der Waals surface area contributed by atoms with Crippen LogP contribution in [0.15, 0.2) is 0 Å². The molecule has 0 aromatic heterocycles. The molecular weight excluding hydrogens is 168 g/mol. The van der Waals surface area contributed by atoms with Gasteiger partial charge in [0.1, 0.15) is 0 Å². The summed E-state index contributed by atoms with van der Waals surface area (Å²) < 4.78 is 4.92. The standard InChI is InChI=1S/C10H22O3/c1-5-10(3,12)9(11)8(2)6-7-13-4/h8-9,11-12H,5-7H2,1-4H3. The van der Waals surface area contributed by atoms with Gasteiger partial charge in [-0.2, -0.15) is 0 Å². The van der Waals surface area contributed by atoms with Crippen LogP contribution < -0.4 is 0 Å². The van der Waals surface area contributed by atoms with Gasteiger partial charge in [0.15, 0.2) is 0 Å². The summed E-state index contributed by atoms with van der Waals surface area (Å²) in [5.41, 5.74) is -0.979. The van der Waals surface area contributed by atoms with Crippen LogP contribution in [0.4, 0.5) is 0 Å². The molecule has 0 aliphatic rings. The molecule has 0 radical (unpaired) electrons. The number of rotatable bonds is 6. The zero-order chi connectivity index (χ0) is 10.5. The van der Waals surface area contributed by atoms with Gasteiger partial charge in [0.05, 0.1) is 11.7 Å². The van der Waals surface area contributed by atoms with Gasteiger partial charge in [-0.3, -0.25) is 0 Å². The third-order valence-electron chi connectivity index (χ3n) is 2.67. The van der Waals surface area contributed by atoms with Gasteiger partial charge in [-0.15, -0.1) is 0 Å². The maximum Gasteiger partial charge on any atom is 0.0877 e. The lowest BCUT2D eigenvalue weighted by Gasteiger charge is -2.32. The van der Waals surface area contributed by atoms with Crippen LogP contribution in [-0.2, 0) is 4.74 Å². The molecule has 3 nitrogen and oxygen atoms in total. The van der Waals surface area contributed by atoms with Gasteiger partial charge in [0, 0.05) is 13.7 Å². The average Bonchev–Trinajstić information content (AvgIpc) is 2.12. The number of aliphatic hydroxyl groups excluding tert-OH is 1. The molecule has 3 unspecified atom stereocenters. The lowest BCUT2D eigenvalue weighted by molar-refractivity contribution is -0.0910. The molecule has 13 heavy (non-hydrogen) atoms. The van der Waals surface area contributed by atoms with E-state index >= 15 is 0 Å². The van der Waals surface area contributed by atoms with Crippen LogP contribution >= 0.6 is 0 Å². The van der Waals surface area contributed by atoms with E-state index in [1.54, 1.807) is 14.0 Å². The molecule has 80 valence electrons. The highest BCUT2D eigenvalue weighted by atomic mass is 16.5. The van der Waals surface area contributed by atoms with E-state index in [1.807, 2.05) is 13.8 Å². The fourth-order valence-electron chi connectivity index (χ4n) is 1.28. The SMILES string of the molecule is CCC(C)(O)C(O)C(C)CCOC. The molecular formula is C10H22O3. The van der Waals surface area contributed by atoms with Crippen molar-refractivity contribution in [3.63, 3.8) is 0 Å². The minimum Gasteiger partial charge on any atom is -0.390 e. The second kappa shape index (κ2) is 5.58. The molecule has 0 aliphatic carbocycles. The molecule has 3 atom stereocenters. The molecule has 0 aromatic carbocycles. The van der Waals surface area contributed by atoms with E-state index in [9.17, 15) is 10.2 Å². The summed E-state index contributed by atoms with van der Waals surface area (Å²) in [6.45, 7) is 6.08. The Hall–Kier alpha value is -0.120. The maximum absolute atomic E-state index is 9.77. The Balaban J connectivity index is 4.00. The number of ether oxygens (including phenoxy) is 1. The molecule has 0 heterocycles. The Bertz CT molecular complexity index is 134. The van der Waals surface area contributed by atoms with E-state index in [0.29, 0.717) is 13.0 Å². The number of hydrogen-bond acceptors (Lipinski definition) is 3. The summed E-state index contributed by atoms with van der Waals surface area (Å²) in [6.07, 6.45) is 0.659. The van der Waals surface area contributed by atoms with E-state index in [0.717, 1.165) is 6.42 Å². The van der Waals surface area contributed by atoms with Gasteiger partial charge in [-0.1, -0.05) is 13.8 Å². The van der Waals surface area contributed by atoms with Crippen molar-refractivity contribution in [3.8, 4) is 0 Å². The Morgan fingerprint density at radius 3 is 2.38 bits per heavy atom. The minimum atomic E-state index is -0.979. The first-order chi connectivity index (χ1) is 5.95. The highest BCUT2D eigenvalue weighted by Crippen LogP contribution is 2.22. The Labute approximate surface area is 80.7 Å². The summed E-state index contributed by atoms with van der Waals surface area (Å²) in [5.74, 6) is 0.0647. The average molecular weight is 190 g/mol. The van der Waals surface area contributed by atoms with Crippen LogP contribution in [0.2, 0.25) is 0 Å². The summed E-state index contributed by atoms with van der Waals surface area (Å²) in [7, 11) is 1.64. The second-order valence-electron chi connectivity index (χ2n) is 3.91. The van der Waals surface area contributed by atoms with Gasteiger partial charge in [0.25, 0.3) is 0 Å². The Morgan fingerprint density at radius 2 is 2.00 bits per heavy atom. The Morgan fingerprint density at radius 1 is 1.46 bits per heavy atom. The number of hydrogen-bond donors (Lipinski definition) is 2. The van der Waals surface area contributed by atoms with Crippen molar-refractivity contribution in [2.45, 2.75) is 45.3 Å². The first-order valence-electron chi connectivity index (χ1n) is 4.85. The summed E-state index contributed by atoms with van der Waals surface area (Å²) >= 11 is 0. The van der Waals surface area contributed by atoms with E-state index in [2.05, 4.69) is 0 Å². The van der Waals surface area contributed by atoms with Gasteiger partial charge in [-0.25, -0.2) is 0 Å². The highest BCUT2D eigenvalue weighted by Gasteiger charge is 2.32. The highest BCUT2D eigenvalue weighted by molar-refractivity contribution is 4.83. The molecule has 0 fully saturated rings. The largest absolute Gasteiger partial charge is 0.390 e. The minimum absolute atomic E-state index is 0.0647. The molecule has 0 bridgehead atoms. The summed E-state index contributed by atoms with van der Waals surface area (Å²) in [5, 5.41) is 19.5. The zero-order valence-electron chi connectivity index (χ0n) is 9.08. The van der Waals surface area contributed by atoms with Crippen molar-refractivity contribution in [1.82, 2.24) is 0 Å². The van der Waals surface area contributed by atoms with Crippen LogP contribution in [0.5, 0.6) is 0 Å². The molecule has 3 heteroatoms. The molecule has 0 saturated carbocycles. The molecule has 0 rings (SSSR count). The van der Waals surface area contributed by atoms with Crippen molar-refractivity contribution in [2.24, 2.45) is 5.92 Å². The van der Waals surface area contributed by atoms with E-state index < -0.39 is 11.7 Å². The predicted octanol–water partition coefficient (Wildman–Crippen LogP) is 1.18. The zero-order valence-corrected chi connectivity index (χ0v) is 9.08. The summed E-state index contributed by atoms with van der Waals surface area (Å²) in [4.78, 5) is 0. The molecule has 0 aliphatic heterocycles. The van der Waals surface area contributed by atoms with Gasteiger partial charge < -0.3 is 14.9 Å². The van der Waals surface area contributed by atoms with Crippen molar-refractivity contribution in [1.29, 1.82) is 0 Å². The van der Waals surface area contributed by atoms with Crippen molar-refractivity contribution in [2.75, 3.05) is 13.7 Å². The van der Waals surface area contributed by atoms with Crippen molar-refractivity contribution >= 4 is 0 Å². The van der Waals surface area contributed by atoms with Crippen LogP contribution in [0.3, 0.4) is 0 Å². The molecule has 0 amide bonds. The normalized spacial score (nSPS) is 20.8. The summed E-state index contributed by atoms with van der Waals surface area (Å²) in [6, 6.07) is 0. The maximum atomic E-state index is 9.77. The Kier molecular flexibility index (Phi) is 5.53. The first-order valence-corrected chi connectivity index (χ1v) is 4.85.